The number of nitrogens with zero attached hydrogens (tertiary/aromatic N) is 2. The zero-order valence-corrected chi connectivity index (χ0v) is 21.6. The van der Waals surface area contributed by atoms with Crippen LogP contribution in [-0.4, -0.2) is 39.6 Å². The van der Waals surface area contributed by atoms with Crippen molar-refractivity contribution >= 4 is 27.8 Å². The van der Waals surface area contributed by atoms with E-state index < -0.39 is 11.4 Å². The Labute approximate surface area is 210 Å². The molecule has 5 rings (SSSR count). The molecule has 0 aliphatic heterocycles. The van der Waals surface area contributed by atoms with Crippen molar-refractivity contribution in [3.8, 4) is 5.69 Å². The molecule has 1 aliphatic rings. The van der Waals surface area contributed by atoms with E-state index in [4.69, 9.17) is 4.74 Å². The molecule has 2 aromatic carbocycles. The Hall–Kier alpha value is -3.19. The number of hydrogen-bond acceptors (Lipinski definition) is 3. The van der Waals surface area contributed by atoms with Gasteiger partial charge in [-0.15, -0.1) is 0 Å². The van der Waals surface area contributed by atoms with Gasteiger partial charge in [0, 0.05) is 34.7 Å². The Bertz CT molecular complexity index is 1460. The molecule has 2 N–H and O–H groups in total. The highest BCUT2D eigenvalue weighted by Crippen LogP contribution is 2.49. The van der Waals surface area contributed by atoms with Crippen LogP contribution in [-0.2, 0) is 14.9 Å². The maximum atomic E-state index is 14.3. The van der Waals surface area contributed by atoms with Crippen molar-refractivity contribution in [1.29, 1.82) is 0 Å². The number of halogens is 1. The Kier molecular flexibility index (Phi) is 5.94. The number of aromatic amines is 1. The van der Waals surface area contributed by atoms with E-state index in [9.17, 15) is 14.3 Å². The Morgan fingerprint density at radius 2 is 2.00 bits per heavy atom. The SMILES string of the molecule is COCC(C)(C)c1c(C2CCC(C)(C(=O)O)CC2)c2cc3[nH]ncc3cc2n1-c1ccc(F)c(C)c1. The first-order chi connectivity index (χ1) is 17.1. The van der Waals surface area contributed by atoms with Crippen LogP contribution in [0.3, 0.4) is 0 Å². The molecule has 2 aromatic heterocycles. The molecule has 0 atom stereocenters. The van der Waals surface area contributed by atoms with Gasteiger partial charge < -0.3 is 14.4 Å². The average Bonchev–Trinajstić information content (AvgIpc) is 3.42. The van der Waals surface area contributed by atoms with E-state index >= 15 is 0 Å². The van der Waals surface area contributed by atoms with Crippen molar-refractivity contribution in [2.24, 2.45) is 5.41 Å². The van der Waals surface area contributed by atoms with Gasteiger partial charge in [0.2, 0.25) is 0 Å². The van der Waals surface area contributed by atoms with Crippen LogP contribution in [0.4, 0.5) is 4.39 Å². The first kappa shape index (κ1) is 24.5. The highest BCUT2D eigenvalue weighted by Gasteiger charge is 2.41. The smallest absolute Gasteiger partial charge is 0.309 e. The third-order valence-corrected chi connectivity index (χ3v) is 8.13. The van der Waals surface area contributed by atoms with Gasteiger partial charge in [-0.05, 0) is 86.9 Å². The van der Waals surface area contributed by atoms with E-state index in [0.29, 0.717) is 25.0 Å². The maximum absolute atomic E-state index is 14.3. The number of methoxy groups -OCH3 is 1. The highest BCUT2D eigenvalue weighted by atomic mass is 19.1. The lowest BCUT2D eigenvalue weighted by Crippen LogP contribution is -2.33. The van der Waals surface area contributed by atoms with Gasteiger partial charge in [0.25, 0.3) is 0 Å². The lowest BCUT2D eigenvalue weighted by Gasteiger charge is -2.36. The number of nitrogens with one attached hydrogen (secondary N) is 1. The minimum Gasteiger partial charge on any atom is -0.481 e. The van der Waals surface area contributed by atoms with Gasteiger partial charge >= 0.3 is 5.97 Å². The molecule has 4 aromatic rings. The molecule has 1 aliphatic carbocycles. The zero-order chi connectivity index (χ0) is 25.8. The lowest BCUT2D eigenvalue weighted by atomic mass is 9.68. The molecule has 0 radical (unpaired) electrons. The largest absolute Gasteiger partial charge is 0.481 e. The van der Waals surface area contributed by atoms with E-state index in [1.54, 1.807) is 14.0 Å². The molecule has 7 heteroatoms. The third kappa shape index (κ3) is 3.90. The van der Waals surface area contributed by atoms with Crippen LogP contribution >= 0.6 is 0 Å². The van der Waals surface area contributed by atoms with Crippen molar-refractivity contribution in [1.82, 2.24) is 14.8 Å². The molecule has 0 unspecified atom stereocenters. The number of carboxylic acids is 1. The molecular formula is C29H34FN3O3. The average molecular weight is 492 g/mol. The third-order valence-electron chi connectivity index (χ3n) is 8.13. The molecule has 0 spiro atoms. The van der Waals surface area contributed by atoms with Gasteiger partial charge in [-0.25, -0.2) is 4.39 Å². The van der Waals surface area contributed by atoms with E-state index in [1.807, 2.05) is 25.3 Å². The second-order valence-electron chi connectivity index (χ2n) is 11.3. The Morgan fingerprint density at radius 1 is 1.28 bits per heavy atom. The standard InChI is InChI=1S/C29H34FN3O3/c1-17-12-20(6-7-22(17)30)33-24-13-19-15-31-32-23(19)14-21(24)25(26(33)28(2,3)16-36-5)18-8-10-29(4,11-9-18)27(34)35/h6-7,12-15,18H,8-11,16H2,1-5H3,(H,31,32)(H,34,35). The maximum Gasteiger partial charge on any atom is 0.309 e. The van der Waals surface area contributed by atoms with E-state index in [2.05, 4.69) is 40.7 Å². The summed E-state index contributed by atoms with van der Waals surface area (Å²) in [5.74, 6) is -0.746. The van der Waals surface area contributed by atoms with Crippen LogP contribution < -0.4 is 0 Å². The Balaban J connectivity index is 1.82. The van der Waals surface area contributed by atoms with Gasteiger partial charge in [-0.3, -0.25) is 9.89 Å². The molecule has 0 bridgehead atoms. The number of aryl methyl sites for hydroxylation is 1. The summed E-state index contributed by atoms with van der Waals surface area (Å²) in [5.41, 5.74) is 4.80. The molecule has 36 heavy (non-hydrogen) atoms. The summed E-state index contributed by atoms with van der Waals surface area (Å²) in [4.78, 5) is 11.9. The summed E-state index contributed by atoms with van der Waals surface area (Å²) in [5, 5.41) is 19.3. The minimum absolute atomic E-state index is 0.203. The first-order valence-corrected chi connectivity index (χ1v) is 12.6. The van der Waals surface area contributed by atoms with Gasteiger partial charge in [0.05, 0.1) is 29.3 Å². The van der Waals surface area contributed by atoms with Crippen LogP contribution in [0.25, 0.3) is 27.5 Å². The van der Waals surface area contributed by atoms with Crippen LogP contribution in [0.1, 0.15) is 69.2 Å². The van der Waals surface area contributed by atoms with Gasteiger partial charge in [-0.1, -0.05) is 13.8 Å². The van der Waals surface area contributed by atoms with Gasteiger partial charge in [0.15, 0.2) is 0 Å². The van der Waals surface area contributed by atoms with Gasteiger partial charge in [-0.2, -0.15) is 5.10 Å². The summed E-state index contributed by atoms with van der Waals surface area (Å²) in [7, 11) is 1.71. The van der Waals surface area contributed by atoms with E-state index in [0.717, 1.165) is 46.0 Å². The lowest BCUT2D eigenvalue weighted by molar-refractivity contribution is -0.149. The topological polar surface area (TPSA) is 80.1 Å². The number of hydrogen-bond donors (Lipinski definition) is 2. The fourth-order valence-electron chi connectivity index (χ4n) is 6.05. The fourth-order valence-corrected chi connectivity index (χ4v) is 6.05. The molecule has 0 saturated heterocycles. The summed E-state index contributed by atoms with van der Waals surface area (Å²) < 4.78 is 22.2. The van der Waals surface area contributed by atoms with Crippen molar-refractivity contribution in [2.45, 2.75) is 64.7 Å². The van der Waals surface area contributed by atoms with Crippen molar-refractivity contribution in [2.75, 3.05) is 13.7 Å². The van der Waals surface area contributed by atoms with Gasteiger partial charge in [0.1, 0.15) is 5.82 Å². The van der Waals surface area contributed by atoms with Crippen LogP contribution in [0.5, 0.6) is 0 Å². The molecule has 1 fully saturated rings. The predicted octanol–water partition coefficient (Wildman–Crippen LogP) is 6.63. The van der Waals surface area contributed by atoms with Crippen LogP contribution in [0.15, 0.2) is 36.5 Å². The second kappa shape index (κ2) is 8.73. The zero-order valence-electron chi connectivity index (χ0n) is 21.6. The number of aromatic nitrogens is 3. The molecule has 6 nitrogen and oxygen atoms in total. The minimum atomic E-state index is -0.718. The molecule has 0 amide bonds. The normalized spacial score (nSPS) is 20.9. The molecule has 2 heterocycles. The number of aliphatic carboxylic acids is 1. The summed E-state index contributed by atoms with van der Waals surface area (Å²) in [6.07, 6.45) is 4.67. The monoisotopic (exact) mass is 491 g/mol. The van der Waals surface area contributed by atoms with Crippen molar-refractivity contribution in [3.05, 3.63) is 59.2 Å². The number of benzene rings is 2. The van der Waals surface area contributed by atoms with Crippen LogP contribution in [0, 0.1) is 18.2 Å². The number of ether oxygens (including phenoxy) is 1. The number of carboxylic acid groups (broad SMARTS) is 1. The van der Waals surface area contributed by atoms with Crippen molar-refractivity contribution < 1.29 is 19.0 Å². The summed E-state index contributed by atoms with van der Waals surface area (Å²) in [6, 6.07) is 9.56. The molecule has 190 valence electrons. The summed E-state index contributed by atoms with van der Waals surface area (Å²) in [6.45, 7) is 8.51. The predicted molar refractivity (Wildman–Crippen MR) is 139 cm³/mol. The number of H-pyrrole nitrogens is 1. The van der Waals surface area contributed by atoms with Crippen molar-refractivity contribution in [3.63, 3.8) is 0 Å². The second-order valence-corrected chi connectivity index (χ2v) is 11.3. The molecular weight excluding hydrogens is 457 g/mol. The summed E-state index contributed by atoms with van der Waals surface area (Å²) >= 11 is 0. The highest BCUT2D eigenvalue weighted by molar-refractivity contribution is 5.99. The molecule has 1 saturated carbocycles. The number of rotatable bonds is 6. The quantitative estimate of drug-likeness (QED) is 0.317. The number of fused-ring (bicyclic) bond motifs is 2. The van der Waals surface area contributed by atoms with E-state index in [1.165, 1.54) is 11.6 Å². The first-order valence-electron chi connectivity index (χ1n) is 12.6. The van der Waals surface area contributed by atoms with E-state index in [-0.39, 0.29) is 17.2 Å². The Morgan fingerprint density at radius 3 is 2.64 bits per heavy atom. The fraction of sp³-hybridized carbons (Fsp3) is 0.448. The number of carbonyl (C=O) groups is 1. The van der Waals surface area contributed by atoms with Crippen LogP contribution in [0.2, 0.25) is 0 Å².